The summed E-state index contributed by atoms with van der Waals surface area (Å²) in [5.74, 6) is 2.13. The van der Waals surface area contributed by atoms with E-state index in [2.05, 4.69) is 76.7 Å². The van der Waals surface area contributed by atoms with Gasteiger partial charge in [-0.25, -0.2) is 0 Å². The van der Waals surface area contributed by atoms with Gasteiger partial charge in [-0.15, -0.1) is 6.58 Å². The summed E-state index contributed by atoms with van der Waals surface area (Å²) in [5, 5.41) is 2.87. The van der Waals surface area contributed by atoms with Crippen LogP contribution in [0.15, 0.2) is 49.1 Å². The molecule has 2 aromatic carbocycles. The van der Waals surface area contributed by atoms with Crippen molar-refractivity contribution in [1.29, 1.82) is 0 Å². The van der Waals surface area contributed by atoms with Crippen molar-refractivity contribution >= 4 is 33.8 Å². The van der Waals surface area contributed by atoms with Gasteiger partial charge in [0.1, 0.15) is 0 Å². The van der Waals surface area contributed by atoms with Crippen LogP contribution in [0.25, 0.3) is 10.8 Å². The maximum absolute atomic E-state index is 4.16. The van der Waals surface area contributed by atoms with Crippen molar-refractivity contribution in [2.24, 2.45) is 22.7 Å². The van der Waals surface area contributed by atoms with Crippen molar-refractivity contribution in [3.05, 3.63) is 60.2 Å². The van der Waals surface area contributed by atoms with Crippen molar-refractivity contribution < 1.29 is 0 Å². The van der Waals surface area contributed by atoms with E-state index in [1.165, 1.54) is 42.0 Å². The summed E-state index contributed by atoms with van der Waals surface area (Å²) < 4.78 is 0. The number of hydrogen-bond acceptors (Lipinski definition) is 0. The predicted molar refractivity (Wildman–Crippen MR) is 119 cm³/mol. The van der Waals surface area contributed by atoms with Gasteiger partial charge >= 0.3 is 23.1 Å². The molecule has 5 rings (SSSR count). The Hall–Kier alpha value is -0.794. The first kappa shape index (κ1) is 20.9. The predicted octanol–water partition coefficient (Wildman–Crippen LogP) is 7.14. The van der Waals surface area contributed by atoms with E-state index in [4.69, 9.17) is 0 Å². The SMILES string of the molecule is C=C[C@@H]1CC2CC[C@@]1(C)C[C@]2(C)[C@@H](C)c1cccc2ccc(CC)cc12.[Mg+2]. The van der Waals surface area contributed by atoms with Crippen molar-refractivity contribution in [2.75, 3.05) is 0 Å². The fraction of sp³-hybridized carbons (Fsp3) is 0.538. The second-order valence-corrected chi connectivity index (χ2v) is 9.63. The molecule has 0 heterocycles. The zero-order valence-electron chi connectivity index (χ0n) is 17.7. The van der Waals surface area contributed by atoms with Crippen LogP contribution in [-0.4, -0.2) is 23.1 Å². The number of hydrogen-bond donors (Lipinski definition) is 0. The van der Waals surface area contributed by atoms with E-state index in [0.717, 1.165) is 12.3 Å². The first-order valence-electron chi connectivity index (χ1n) is 10.6. The molecular formula is C26H34Mg+2. The summed E-state index contributed by atoms with van der Waals surface area (Å²) in [6, 6.07) is 14.0. The zero-order valence-corrected chi connectivity index (χ0v) is 19.1. The Kier molecular flexibility index (Phi) is 5.86. The van der Waals surface area contributed by atoms with Crippen LogP contribution in [0.5, 0.6) is 0 Å². The standard InChI is InChI=1S/C26H34.Mg/c1-6-19-11-12-20-9-8-10-23(24(20)15-19)18(3)26(5)17-25(4)14-13-22(26)16-21(25)7-2;/h7-12,15,18,21-22H,2,6,13-14,16-17H2,1,3-5H3;/q;+2/t18-,21+,22?,25-,26+;/m0./s1. The van der Waals surface area contributed by atoms with Gasteiger partial charge < -0.3 is 0 Å². The molecule has 3 aliphatic rings. The average molecular weight is 371 g/mol. The Morgan fingerprint density at radius 2 is 2.00 bits per heavy atom. The van der Waals surface area contributed by atoms with E-state index in [1.807, 2.05) is 0 Å². The van der Waals surface area contributed by atoms with Gasteiger partial charge in [-0.05, 0) is 82.6 Å². The van der Waals surface area contributed by atoms with Crippen molar-refractivity contribution in [3.8, 4) is 0 Å². The number of aryl methyl sites for hydroxylation is 1. The van der Waals surface area contributed by atoms with E-state index in [1.54, 1.807) is 5.56 Å². The van der Waals surface area contributed by atoms with Crippen LogP contribution in [0.4, 0.5) is 0 Å². The number of benzene rings is 2. The van der Waals surface area contributed by atoms with Crippen LogP contribution in [-0.2, 0) is 6.42 Å². The molecule has 3 aliphatic carbocycles. The van der Waals surface area contributed by atoms with Crippen molar-refractivity contribution in [3.63, 3.8) is 0 Å². The van der Waals surface area contributed by atoms with Crippen LogP contribution < -0.4 is 0 Å². The first-order valence-corrected chi connectivity index (χ1v) is 10.6. The smallest absolute Gasteiger partial charge is 0.103 e. The molecule has 1 unspecified atom stereocenters. The monoisotopic (exact) mass is 370 g/mol. The molecule has 0 N–H and O–H groups in total. The third-order valence-corrected chi connectivity index (χ3v) is 8.34. The van der Waals surface area contributed by atoms with Gasteiger partial charge in [0.25, 0.3) is 0 Å². The minimum atomic E-state index is 0. The Balaban J connectivity index is 0.00000210. The minimum absolute atomic E-state index is 0. The normalized spacial score (nSPS) is 33.5. The number of allylic oxidation sites excluding steroid dienone is 1. The molecule has 0 aromatic heterocycles. The summed E-state index contributed by atoms with van der Waals surface area (Å²) in [7, 11) is 0. The van der Waals surface area contributed by atoms with Gasteiger partial charge in [0.05, 0.1) is 0 Å². The summed E-state index contributed by atoms with van der Waals surface area (Å²) in [6.07, 6.45) is 8.82. The molecule has 3 saturated carbocycles. The average Bonchev–Trinajstić information content (AvgIpc) is 2.66. The van der Waals surface area contributed by atoms with Crippen LogP contribution >= 0.6 is 0 Å². The second-order valence-electron chi connectivity index (χ2n) is 9.63. The zero-order chi connectivity index (χ0) is 18.5. The summed E-state index contributed by atoms with van der Waals surface area (Å²) in [5.41, 5.74) is 3.85. The van der Waals surface area contributed by atoms with Crippen LogP contribution in [0.1, 0.15) is 70.4 Å². The van der Waals surface area contributed by atoms with Gasteiger partial charge in [-0.1, -0.05) is 70.2 Å². The van der Waals surface area contributed by atoms with E-state index < -0.39 is 0 Å². The molecule has 138 valence electrons. The molecule has 0 saturated heterocycles. The molecule has 5 atom stereocenters. The van der Waals surface area contributed by atoms with Gasteiger partial charge in [-0.2, -0.15) is 0 Å². The summed E-state index contributed by atoms with van der Waals surface area (Å²) in [6.45, 7) is 14.0. The van der Waals surface area contributed by atoms with E-state index in [0.29, 0.717) is 22.7 Å². The topological polar surface area (TPSA) is 0 Å². The Morgan fingerprint density at radius 1 is 1.22 bits per heavy atom. The molecular weight excluding hydrogens is 337 g/mol. The van der Waals surface area contributed by atoms with E-state index in [9.17, 15) is 0 Å². The molecule has 1 heteroatoms. The fourth-order valence-corrected chi connectivity index (χ4v) is 6.42. The third-order valence-electron chi connectivity index (χ3n) is 8.34. The maximum Gasteiger partial charge on any atom is 2.00 e. The van der Waals surface area contributed by atoms with Gasteiger partial charge in [0, 0.05) is 0 Å². The molecule has 0 amide bonds. The van der Waals surface area contributed by atoms with E-state index in [-0.39, 0.29) is 23.1 Å². The Bertz CT molecular complexity index is 837. The maximum atomic E-state index is 4.16. The van der Waals surface area contributed by atoms with Crippen LogP contribution in [0.3, 0.4) is 0 Å². The first-order chi connectivity index (χ1) is 12.4. The minimum Gasteiger partial charge on any atom is -0.103 e. The quantitative estimate of drug-likeness (QED) is 0.396. The second kappa shape index (κ2) is 7.56. The summed E-state index contributed by atoms with van der Waals surface area (Å²) >= 11 is 0. The molecule has 27 heavy (non-hydrogen) atoms. The number of rotatable bonds is 4. The third kappa shape index (κ3) is 3.29. The molecule has 0 nitrogen and oxygen atoms in total. The molecule has 2 aromatic rings. The number of fused-ring (bicyclic) bond motifs is 4. The van der Waals surface area contributed by atoms with Gasteiger partial charge in [0.2, 0.25) is 0 Å². The summed E-state index contributed by atoms with van der Waals surface area (Å²) in [4.78, 5) is 0. The van der Waals surface area contributed by atoms with Crippen LogP contribution in [0.2, 0.25) is 0 Å². The molecule has 0 radical (unpaired) electrons. The van der Waals surface area contributed by atoms with E-state index >= 15 is 0 Å². The van der Waals surface area contributed by atoms with Gasteiger partial charge in [-0.3, -0.25) is 0 Å². The largest absolute Gasteiger partial charge is 2.00 e. The molecule has 0 spiro atoms. The Labute approximate surface area is 182 Å². The Morgan fingerprint density at radius 3 is 2.67 bits per heavy atom. The van der Waals surface area contributed by atoms with Crippen molar-refractivity contribution in [1.82, 2.24) is 0 Å². The fourth-order valence-electron chi connectivity index (χ4n) is 6.42. The molecule has 3 fully saturated rings. The van der Waals surface area contributed by atoms with Crippen molar-refractivity contribution in [2.45, 2.75) is 65.7 Å². The van der Waals surface area contributed by atoms with Gasteiger partial charge in [0.15, 0.2) is 0 Å². The van der Waals surface area contributed by atoms with Crippen LogP contribution in [0, 0.1) is 22.7 Å². The molecule has 0 aliphatic heterocycles. The molecule has 2 bridgehead atoms.